The summed E-state index contributed by atoms with van der Waals surface area (Å²) < 4.78 is 5.59. The molecule has 1 saturated carbocycles. The Morgan fingerprint density at radius 3 is 2.52 bits per heavy atom. The number of nitrogens with zero attached hydrogens (tertiary/aromatic N) is 1. The quantitative estimate of drug-likeness (QED) is 0.700. The number of hydrogen-bond donors (Lipinski definition) is 1. The van der Waals surface area contributed by atoms with E-state index in [1.54, 1.807) is 0 Å². The number of likely N-dealkylation sites (tertiary alicyclic amines) is 1. The van der Waals surface area contributed by atoms with Crippen molar-refractivity contribution in [1.82, 2.24) is 10.2 Å². The van der Waals surface area contributed by atoms with E-state index in [0.717, 1.165) is 25.6 Å². The largest absolute Gasteiger partial charge is 0.379 e. The van der Waals surface area contributed by atoms with Crippen molar-refractivity contribution in [3.8, 4) is 0 Å². The molecule has 0 atom stereocenters. The minimum Gasteiger partial charge on any atom is -0.379 e. The number of rotatable bonds is 8. The van der Waals surface area contributed by atoms with E-state index < -0.39 is 0 Å². The zero-order valence-corrected chi connectivity index (χ0v) is 14.2. The summed E-state index contributed by atoms with van der Waals surface area (Å²) in [5.41, 5.74) is 0.557. The molecule has 4 heteroatoms. The Hall–Kier alpha value is -0.610. The second-order valence-electron chi connectivity index (χ2n) is 7.70. The van der Waals surface area contributed by atoms with E-state index in [1.807, 2.05) is 13.8 Å². The normalized spacial score (nSPS) is 21.6. The van der Waals surface area contributed by atoms with E-state index in [4.69, 9.17) is 4.74 Å². The Labute approximate surface area is 129 Å². The summed E-state index contributed by atoms with van der Waals surface area (Å²) in [6, 6.07) is 0.244. The van der Waals surface area contributed by atoms with Crippen molar-refractivity contribution in [3.05, 3.63) is 0 Å². The molecule has 122 valence electrons. The first-order valence-electron chi connectivity index (χ1n) is 8.52. The molecule has 4 nitrogen and oxygen atoms in total. The van der Waals surface area contributed by atoms with Gasteiger partial charge in [-0.25, -0.2) is 0 Å². The van der Waals surface area contributed by atoms with Crippen LogP contribution in [0.3, 0.4) is 0 Å². The maximum atomic E-state index is 11.7. The number of ether oxygens (including phenoxy) is 1. The van der Waals surface area contributed by atoms with Gasteiger partial charge in [0.2, 0.25) is 5.91 Å². The van der Waals surface area contributed by atoms with Crippen molar-refractivity contribution in [2.45, 2.75) is 65.5 Å². The van der Waals surface area contributed by atoms with Gasteiger partial charge >= 0.3 is 0 Å². The lowest BCUT2D eigenvalue weighted by atomic mass is 9.57. The zero-order chi connectivity index (χ0) is 15.5. The van der Waals surface area contributed by atoms with Gasteiger partial charge in [0, 0.05) is 25.7 Å². The molecule has 1 spiro atoms. The lowest BCUT2D eigenvalue weighted by molar-refractivity contribution is -0.133. The SMILES string of the molecule is CC(C)NC(=O)CN1CC2(CC(CCCOC(C)C)C2)C1. The first kappa shape index (κ1) is 16.8. The fourth-order valence-electron chi connectivity index (χ4n) is 3.90. The van der Waals surface area contributed by atoms with Crippen molar-refractivity contribution in [1.29, 1.82) is 0 Å². The molecular weight excluding hydrogens is 264 g/mol. The number of amides is 1. The standard InChI is InChI=1S/C17H32N2O2/c1-13(2)18-16(20)10-19-11-17(12-19)8-15(9-17)6-5-7-21-14(3)4/h13-15H,5-12H2,1-4H3,(H,18,20). The van der Waals surface area contributed by atoms with Crippen molar-refractivity contribution >= 4 is 5.91 Å². The van der Waals surface area contributed by atoms with Crippen LogP contribution in [-0.4, -0.2) is 49.2 Å². The van der Waals surface area contributed by atoms with Gasteiger partial charge in [0.1, 0.15) is 0 Å². The second-order valence-corrected chi connectivity index (χ2v) is 7.70. The highest BCUT2D eigenvalue weighted by Crippen LogP contribution is 2.53. The van der Waals surface area contributed by atoms with Crippen LogP contribution < -0.4 is 5.32 Å². The van der Waals surface area contributed by atoms with Crippen molar-refractivity contribution in [3.63, 3.8) is 0 Å². The van der Waals surface area contributed by atoms with Gasteiger partial charge in [0.15, 0.2) is 0 Å². The molecule has 1 amide bonds. The molecule has 2 aliphatic rings. The number of carbonyl (C=O) groups excluding carboxylic acids is 1. The van der Waals surface area contributed by atoms with Gasteiger partial charge in [-0.3, -0.25) is 9.69 Å². The van der Waals surface area contributed by atoms with Crippen molar-refractivity contribution in [2.75, 3.05) is 26.2 Å². The molecule has 0 bridgehead atoms. The molecule has 1 saturated heterocycles. The number of carbonyl (C=O) groups is 1. The summed E-state index contributed by atoms with van der Waals surface area (Å²) in [4.78, 5) is 14.0. The fourth-order valence-corrected chi connectivity index (χ4v) is 3.90. The topological polar surface area (TPSA) is 41.6 Å². The van der Waals surface area contributed by atoms with Gasteiger partial charge in [-0.15, -0.1) is 0 Å². The molecule has 0 aromatic heterocycles. The van der Waals surface area contributed by atoms with Gasteiger partial charge < -0.3 is 10.1 Å². The third-order valence-electron chi connectivity index (χ3n) is 4.59. The molecule has 0 aromatic rings. The zero-order valence-electron chi connectivity index (χ0n) is 14.2. The Kier molecular flexibility index (Phi) is 5.67. The van der Waals surface area contributed by atoms with Crippen LogP contribution >= 0.6 is 0 Å². The summed E-state index contributed by atoms with van der Waals surface area (Å²) in [6.07, 6.45) is 5.57. The Morgan fingerprint density at radius 1 is 1.29 bits per heavy atom. The average molecular weight is 296 g/mol. The predicted octanol–water partition coefficient (Wildman–Crippen LogP) is 2.43. The maximum Gasteiger partial charge on any atom is 0.234 e. The third-order valence-corrected chi connectivity index (χ3v) is 4.59. The highest BCUT2D eigenvalue weighted by Gasteiger charge is 2.51. The van der Waals surface area contributed by atoms with E-state index in [9.17, 15) is 4.79 Å². The molecule has 0 unspecified atom stereocenters. The fraction of sp³-hybridized carbons (Fsp3) is 0.941. The molecule has 1 aliphatic heterocycles. The lowest BCUT2D eigenvalue weighted by Gasteiger charge is -2.59. The Balaban J connectivity index is 1.52. The Morgan fingerprint density at radius 2 is 1.95 bits per heavy atom. The number of hydrogen-bond acceptors (Lipinski definition) is 3. The van der Waals surface area contributed by atoms with Gasteiger partial charge in [-0.05, 0) is 64.7 Å². The van der Waals surface area contributed by atoms with Gasteiger partial charge in [0.25, 0.3) is 0 Å². The highest BCUT2D eigenvalue weighted by molar-refractivity contribution is 5.78. The van der Waals surface area contributed by atoms with E-state index >= 15 is 0 Å². The van der Waals surface area contributed by atoms with Crippen LogP contribution in [0.15, 0.2) is 0 Å². The van der Waals surface area contributed by atoms with Crippen molar-refractivity contribution in [2.24, 2.45) is 11.3 Å². The predicted molar refractivity (Wildman–Crippen MR) is 85.2 cm³/mol. The van der Waals surface area contributed by atoms with Gasteiger partial charge in [0.05, 0.1) is 12.6 Å². The smallest absolute Gasteiger partial charge is 0.234 e. The molecule has 2 fully saturated rings. The highest BCUT2D eigenvalue weighted by atomic mass is 16.5. The number of nitrogens with one attached hydrogen (secondary N) is 1. The van der Waals surface area contributed by atoms with Crippen LogP contribution in [0.5, 0.6) is 0 Å². The Bertz CT molecular complexity index is 341. The van der Waals surface area contributed by atoms with Crippen LogP contribution in [0, 0.1) is 11.3 Å². The average Bonchev–Trinajstić information content (AvgIpc) is 2.26. The summed E-state index contributed by atoms with van der Waals surface area (Å²) in [7, 11) is 0. The molecule has 1 heterocycles. The minimum absolute atomic E-state index is 0.168. The van der Waals surface area contributed by atoms with Crippen molar-refractivity contribution < 1.29 is 9.53 Å². The first-order valence-corrected chi connectivity index (χ1v) is 8.52. The maximum absolute atomic E-state index is 11.7. The first-order chi connectivity index (χ1) is 9.88. The van der Waals surface area contributed by atoms with E-state index in [2.05, 4.69) is 24.1 Å². The molecule has 21 heavy (non-hydrogen) atoms. The summed E-state index contributed by atoms with van der Waals surface area (Å²) in [5.74, 6) is 1.06. The molecule has 2 rings (SSSR count). The van der Waals surface area contributed by atoms with E-state index in [1.165, 1.54) is 25.7 Å². The lowest BCUT2D eigenvalue weighted by Crippen LogP contribution is -2.63. The molecule has 0 aromatic carbocycles. The monoisotopic (exact) mass is 296 g/mol. The summed E-state index contributed by atoms with van der Waals surface area (Å²) in [6.45, 7) is 11.9. The second kappa shape index (κ2) is 7.10. The molecule has 1 aliphatic carbocycles. The molecule has 0 radical (unpaired) electrons. The van der Waals surface area contributed by atoms with E-state index in [-0.39, 0.29) is 11.9 Å². The van der Waals surface area contributed by atoms with Crippen LogP contribution in [0.4, 0.5) is 0 Å². The van der Waals surface area contributed by atoms with Crippen LogP contribution in [-0.2, 0) is 9.53 Å². The van der Waals surface area contributed by atoms with Crippen LogP contribution in [0.25, 0.3) is 0 Å². The van der Waals surface area contributed by atoms with Crippen LogP contribution in [0.2, 0.25) is 0 Å². The molecule has 1 N–H and O–H groups in total. The summed E-state index contributed by atoms with van der Waals surface area (Å²) in [5, 5.41) is 2.96. The molecular formula is C17H32N2O2. The van der Waals surface area contributed by atoms with Gasteiger partial charge in [-0.1, -0.05) is 0 Å². The van der Waals surface area contributed by atoms with Crippen LogP contribution in [0.1, 0.15) is 53.4 Å². The van der Waals surface area contributed by atoms with E-state index in [0.29, 0.717) is 18.1 Å². The van der Waals surface area contributed by atoms with Gasteiger partial charge in [-0.2, -0.15) is 0 Å². The summed E-state index contributed by atoms with van der Waals surface area (Å²) >= 11 is 0. The minimum atomic E-state index is 0.168. The third kappa shape index (κ3) is 4.96.